The first-order valence-electron chi connectivity index (χ1n) is 5.59. The Balaban J connectivity index is 3.39. The first kappa shape index (κ1) is 14.3. The van der Waals surface area contributed by atoms with E-state index in [-0.39, 0.29) is 7.12 Å². The summed E-state index contributed by atoms with van der Waals surface area (Å²) in [5.74, 6) is 0. The lowest BCUT2D eigenvalue weighted by Gasteiger charge is -2.11. The molecule has 0 aromatic heterocycles. The van der Waals surface area contributed by atoms with Crippen molar-refractivity contribution in [3.05, 3.63) is 10.4 Å². The Kier molecular flexibility index (Phi) is 10.8. The van der Waals surface area contributed by atoms with Gasteiger partial charge in [0.15, 0.2) is 0 Å². The maximum atomic E-state index is 8.07. The van der Waals surface area contributed by atoms with Gasteiger partial charge in [0.25, 0.3) is 0 Å². The minimum Gasteiger partial charge on any atom is -0.411 e. The second kappa shape index (κ2) is 11.4. The predicted octanol–water partition coefficient (Wildman–Crippen LogP) is 3.03. The van der Waals surface area contributed by atoms with Gasteiger partial charge in [-0.25, -0.2) is 0 Å². The van der Waals surface area contributed by atoms with E-state index in [1.807, 2.05) is 13.8 Å². The Bertz CT molecular complexity index is 180. The molecule has 0 saturated heterocycles. The molecule has 6 heteroatoms. The van der Waals surface area contributed by atoms with Gasteiger partial charge in [0.2, 0.25) is 0 Å². The monoisotopic (exact) mass is 213 g/mol. The molecule has 0 aliphatic rings. The Morgan fingerprint density at radius 3 is 2.33 bits per heavy atom. The van der Waals surface area contributed by atoms with Crippen molar-refractivity contribution in [2.24, 2.45) is 5.11 Å². The Morgan fingerprint density at radius 2 is 1.80 bits per heavy atom. The highest BCUT2D eigenvalue weighted by molar-refractivity contribution is 6.44. The van der Waals surface area contributed by atoms with E-state index in [0.717, 1.165) is 25.6 Å². The van der Waals surface area contributed by atoms with Gasteiger partial charge < -0.3 is 9.31 Å². The molecule has 0 saturated carbocycles. The van der Waals surface area contributed by atoms with Gasteiger partial charge in [-0.1, -0.05) is 18.0 Å². The fourth-order valence-electron chi connectivity index (χ4n) is 1.30. The summed E-state index contributed by atoms with van der Waals surface area (Å²) in [6, 6.07) is 0. The standard InChI is InChI=1S/C9H20BN3O2/c1-3-14-10(15-4-2)8-6-5-7-9-12-13-11/h3-9H2,1-2H3. The summed E-state index contributed by atoms with van der Waals surface area (Å²) in [4.78, 5) is 2.70. The average Bonchev–Trinajstić information content (AvgIpc) is 2.24. The maximum Gasteiger partial charge on any atom is 0.456 e. The van der Waals surface area contributed by atoms with Gasteiger partial charge in [-0.15, -0.1) is 0 Å². The topological polar surface area (TPSA) is 67.2 Å². The third-order valence-corrected chi connectivity index (χ3v) is 1.97. The second-order valence-electron chi connectivity index (χ2n) is 3.14. The summed E-state index contributed by atoms with van der Waals surface area (Å²) in [5, 5.41) is 3.48. The number of unbranched alkanes of at least 4 members (excludes halogenated alkanes) is 2. The number of azide groups is 1. The minimum atomic E-state index is -0.0699. The molecule has 0 bridgehead atoms. The molecular formula is C9H20BN3O2. The van der Waals surface area contributed by atoms with Gasteiger partial charge in [-0.2, -0.15) is 0 Å². The fraction of sp³-hybridized carbons (Fsp3) is 1.00. The number of hydrogen-bond donors (Lipinski definition) is 0. The molecule has 0 atom stereocenters. The molecule has 0 aromatic carbocycles. The van der Waals surface area contributed by atoms with Crippen molar-refractivity contribution in [2.75, 3.05) is 19.8 Å². The van der Waals surface area contributed by atoms with Crippen LogP contribution in [-0.4, -0.2) is 26.9 Å². The van der Waals surface area contributed by atoms with Crippen LogP contribution in [0.1, 0.15) is 33.1 Å². The van der Waals surface area contributed by atoms with E-state index in [4.69, 9.17) is 14.8 Å². The normalized spacial score (nSPS) is 9.73. The van der Waals surface area contributed by atoms with Crippen molar-refractivity contribution in [3.8, 4) is 0 Å². The Morgan fingerprint density at radius 1 is 1.13 bits per heavy atom. The van der Waals surface area contributed by atoms with Crippen molar-refractivity contribution in [2.45, 2.75) is 39.4 Å². The van der Waals surface area contributed by atoms with E-state index in [9.17, 15) is 0 Å². The molecule has 0 amide bonds. The lowest BCUT2D eigenvalue weighted by atomic mass is 9.82. The summed E-state index contributed by atoms with van der Waals surface area (Å²) < 4.78 is 10.8. The average molecular weight is 213 g/mol. The quantitative estimate of drug-likeness (QED) is 0.184. The van der Waals surface area contributed by atoms with Crippen LogP contribution < -0.4 is 0 Å². The molecule has 86 valence electrons. The van der Waals surface area contributed by atoms with Crippen LogP contribution in [0, 0.1) is 0 Å². The highest BCUT2D eigenvalue weighted by Crippen LogP contribution is 2.06. The number of hydrogen-bond acceptors (Lipinski definition) is 3. The van der Waals surface area contributed by atoms with E-state index >= 15 is 0 Å². The molecule has 15 heavy (non-hydrogen) atoms. The van der Waals surface area contributed by atoms with Crippen LogP contribution in [0.2, 0.25) is 6.32 Å². The van der Waals surface area contributed by atoms with Crippen LogP contribution in [-0.2, 0) is 9.31 Å². The molecule has 0 aliphatic heterocycles. The molecule has 0 spiro atoms. The van der Waals surface area contributed by atoms with E-state index in [1.54, 1.807) is 0 Å². The van der Waals surface area contributed by atoms with E-state index in [2.05, 4.69) is 10.0 Å². The predicted molar refractivity (Wildman–Crippen MR) is 61.7 cm³/mol. The molecule has 0 unspecified atom stereocenters. The van der Waals surface area contributed by atoms with Crippen LogP contribution in [0.3, 0.4) is 0 Å². The Labute approximate surface area is 91.9 Å². The SMILES string of the molecule is CCOB(CCCCCN=[N+]=[N-])OCC. The summed E-state index contributed by atoms with van der Waals surface area (Å²) >= 11 is 0. The summed E-state index contributed by atoms with van der Waals surface area (Å²) in [6.07, 6.45) is 3.95. The third kappa shape index (κ3) is 9.60. The lowest BCUT2D eigenvalue weighted by molar-refractivity contribution is 0.212. The summed E-state index contributed by atoms with van der Waals surface area (Å²) in [5.41, 5.74) is 8.07. The van der Waals surface area contributed by atoms with Crippen molar-refractivity contribution in [1.29, 1.82) is 0 Å². The molecule has 0 rings (SSSR count). The number of nitrogens with zero attached hydrogens (tertiary/aromatic N) is 3. The number of rotatable bonds is 10. The minimum absolute atomic E-state index is 0.0699. The van der Waals surface area contributed by atoms with Crippen molar-refractivity contribution >= 4 is 7.12 Å². The zero-order chi connectivity index (χ0) is 11.4. The smallest absolute Gasteiger partial charge is 0.411 e. The molecule has 0 heterocycles. The largest absolute Gasteiger partial charge is 0.456 e. The third-order valence-electron chi connectivity index (χ3n) is 1.97. The van der Waals surface area contributed by atoms with Crippen LogP contribution in [0.4, 0.5) is 0 Å². The molecular weight excluding hydrogens is 193 g/mol. The molecule has 0 aliphatic carbocycles. The van der Waals surface area contributed by atoms with Gasteiger partial charge in [0, 0.05) is 24.7 Å². The summed E-state index contributed by atoms with van der Waals surface area (Å²) in [7, 11) is -0.0699. The summed E-state index contributed by atoms with van der Waals surface area (Å²) in [6.45, 7) is 5.89. The first-order chi connectivity index (χ1) is 7.35. The molecule has 0 fully saturated rings. The van der Waals surface area contributed by atoms with Gasteiger partial charge in [0.1, 0.15) is 0 Å². The molecule has 0 aromatic rings. The second-order valence-corrected chi connectivity index (χ2v) is 3.14. The van der Waals surface area contributed by atoms with E-state index < -0.39 is 0 Å². The van der Waals surface area contributed by atoms with Crippen molar-refractivity contribution in [1.82, 2.24) is 0 Å². The first-order valence-corrected chi connectivity index (χ1v) is 5.59. The van der Waals surface area contributed by atoms with Crippen LogP contribution in [0.15, 0.2) is 5.11 Å². The zero-order valence-electron chi connectivity index (χ0n) is 9.69. The van der Waals surface area contributed by atoms with Gasteiger partial charge >= 0.3 is 7.12 Å². The maximum absolute atomic E-state index is 8.07. The van der Waals surface area contributed by atoms with Crippen LogP contribution in [0.25, 0.3) is 10.4 Å². The van der Waals surface area contributed by atoms with Crippen molar-refractivity contribution in [3.63, 3.8) is 0 Å². The lowest BCUT2D eigenvalue weighted by Crippen LogP contribution is -2.22. The Hall–Kier alpha value is -0.705. The van der Waals surface area contributed by atoms with Crippen molar-refractivity contribution < 1.29 is 9.31 Å². The van der Waals surface area contributed by atoms with Gasteiger partial charge in [0.05, 0.1) is 0 Å². The highest BCUT2D eigenvalue weighted by Gasteiger charge is 2.15. The fourth-order valence-corrected chi connectivity index (χ4v) is 1.30. The van der Waals surface area contributed by atoms with Crippen LogP contribution in [0.5, 0.6) is 0 Å². The van der Waals surface area contributed by atoms with Gasteiger partial charge in [-0.3, -0.25) is 0 Å². The van der Waals surface area contributed by atoms with E-state index in [1.165, 1.54) is 0 Å². The van der Waals surface area contributed by atoms with E-state index in [0.29, 0.717) is 19.8 Å². The molecule has 0 N–H and O–H groups in total. The van der Waals surface area contributed by atoms with Crippen LogP contribution >= 0.6 is 0 Å². The zero-order valence-corrected chi connectivity index (χ0v) is 9.69. The molecule has 5 nitrogen and oxygen atoms in total. The van der Waals surface area contributed by atoms with Gasteiger partial charge in [-0.05, 0) is 32.1 Å². The highest BCUT2D eigenvalue weighted by atomic mass is 16.6. The molecule has 0 radical (unpaired) electrons.